The first-order chi connectivity index (χ1) is 18.5. The van der Waals surface area contributed by atoms with Gasteiger partial charge in [0.15, 0.2) is 0 Å². The molecule has 0 aliphatic rings. The number of benzene rings is 2. The van der Waals surface area contributed by atoms with Crippen molar-refractivity contribution in [2.24, 2.45) is 0 Å². The largest absolute Gasteiger partial charge is 0.310 e. The topological polar surface area (TPSA) is 23.9 Å². The first kappa shape index (κ1) is 42.7. The monoisotopic (exact) mass is 524 g/mol. The zero-order valence-corrected chi connectivity index (χ0v) is 26.8. The number of aryl methyl sites for hydroxylation is 2. The number of rotatable bonds is 13. The highest BCUT2D eigenvalue weighted by Gasteiger charge is 1.89. The molecule has 2 aromatic carbocycles. The predicted molar refractivity (Wildman–Crippen MR) is 179 cm³/mol. The van der Waals surface area contributed by atoms with Crippen molar-refractivity contribution in [3.63, 3.8) is 0 Å². The molecule has 0 amide bonds. The Hall–Kier alpha value is -2.33. The molecule has 1 N–H and O–H groups in total. The van der Waals surface area contributed by atoms with E-state index in [1.54, 1.807) is 0 Å². The van der Waals surface area contributed by atoms with Crippen molar-refractivity contribution in [3.8, 4) is 12.8 Å². The average Bonchev–Trinajstić information content (AvgIpc) is 2.98. The average molecular weight is 524 g/mol. The van der Waals surface area contributed by atoms with Crippen LogP contribution in [0.4, 0.5) is 0 Å². The summed E-state index contributed by atoms with van der Waals surface area (Å²) in [4.78, 5) is 0. The minimum absolute atomic E-state index is 0.895. The number of hydrogen-bond acceptors (Lipinski definition) is 1. The standard InChI is InChI=1S/C10H22.C9H12.C7H15N.C7H8.C2H6.C2H2/c1-3-5-7-9-10-8-6-4-2;1-2-6-9-7-4-3-5-8-9;1-3-5-6-7(8)4-2;1-7-5-3-2-4-6-7;2*1-2/h3-10H2,1-2H3;3-5,7-8H,2,6H2,1H3;8H,3-6H2,1-2H3;2-6H,1H3;1-2H3;1-2H. The molecule has 0 heterocycles. The lowest BCUT2D eigenvalue weighted by atomic mass is 10.1. The van der Waals surface area contributed by atoms with Gasteiger partial charge in [0.05, 0.1) is 0 Å². The summed E-state index contributed by atoms with van der Waals surface area (Å²) in [7, 11) is 0. The highest BCUT2D eigenvalue weighted by molar-refractivity contribution is 5.80. The lowest BCUT2D eigenvalue weighted by molar-refractivity contribution is 0.585. The molecule has 1 nitrogen and oxygen atoms in total. The maximum Gasteiger partial charge on any atom is 0.00864 e. The van der Waals surface area contributed by atoms with Crippen molar-refractivity contribution < 1.29 is 0 Å². The van der Waals surface area contributed by atoms with Crippen molar-refractivity contribution in [2.75, 3.05) is 0 Å². The molecular formula is C37H65N. The Labute approximate surface area is 240 Å². The van der Waals surface area contributed by atoms with Gasteiger partial charge in [0.25, 0.3) is 0 Å². The van der Waals surface area contributed by atoms with Crippen LogP contribution in [-0.4, -0.2) is 5.71 Å². The third kappa shape index (κ3) is 40.8. The first-order valence-corrected chi connectivity index (χ1v) is 15.5. The lowest BCUT2D eigenvalue weighted by Gasteiger charge is -1.97. The van der Waals surface area contributed by atoms with Crippen molar-refractivity contribution in [3.05, 3.63) is 71.8 Å². The van der Waals surface area contributed by atoms with E-state index < -0.39 is 0 Å². The van der Waals surface area contributed by atoms with Crippen molar-refractivity contribution in [1.82, 2.24) is 0 Å². The van der Waals surface area contributed by atoms with Crippen LogP contribution in [0.1, 0.15) is 143 Å². The van der Waals surface area contributed by atoms with Crippen LogP contribution < -0.4 is 0 Å². The van der Waals surface area contributed by atoms with E-state index in [2.05, 4.69) is 89.9 Å². The smallest absolute Gasteiger partial charge is 0.00864 e. The maximum absolute atomic E-state index is 7.24. The SMILES string of the molecule is C#C.CC.CCCCC(=N)CC.CCCCCCCCCC.CCCc1ccccc1.Cc1ccccc1. The summed E-state index contributed by atoms with van der Waals surface area (Å²) in [5, 5.41) is 7.24. The minimum atomic E-state index is 0.895. The van der Waals surface area contributed by atoms with E-state index in [-0.39, 0.29) is 0 Å². The van der Waals surface area contributed by atoms with Gasteiger partial charge < -0.3 is 5.41 Å². The molecule has 0 saturated heterocycles. The summed E-state index contributed by atoms with van der Waals surface area (Å²) in [6.07, 6.45) is 26.2. The van der Waals surface area contributed by atoms with Gasteiger partial charge >= 0.3 is 0 Å². The predicted octanol–water partition coefficient (Wildman–Crippen LogP) is 12.7. The molecule has 218 valence electrons. The summed E-state index contributed by atoms with van der Waals surface area (Å²) in [6, 6.07) is 20.8. The van der Waals surface area contributed by atoms with Crippen LogP contribution in [0.5, 0.6) is 0 Å². The van der Waals surface area contributed by atoms with Crippen LogP contribution in [0.15, 0.2) is 60.7 Å². The Morgan fingerprint density at radius 3 is 1.29 bits per heavy atom. The molecule has 0 spiro atoms. The maximum atomic E-state index is 7.24. The van der Waals surface area contributed by atoms with Crippen LogP contribution in [0, 0.1) is 25.2 Å². The van der Waals surface area contributed by atoms with E-state index in [0.717, 1.165) is 18.6 Å². The molecule has 2 aromatic rings. The van der Waals surface area contributed by atoms with E-state index >= 15 is 0 Å². The molecule has 0 saturated carbocycles. The van der Waals surface area contributed by atoms with Crippen LogP contribution >= 0.6 is 0 Å². The summed E-state index contributed by atoms with van der Waals surface area (Å²) in [6.45, 7) is 17.0. The van der Waals surface area contributed by atoms with E-state index in [0.29, 0.717) is 0 Å². The van der Waals surface area contributed by atoms with Crippen LogP contribution in [-0.2, 0) is 6.42 Å². The van der Waals surface area contributed by atoms with E-state index in [1.807, 2.05) is 39.0 Å². The molecule has 0 aliphatic carbocycles. The molecule has 0 fully saturated rings. The summed E-state index contributed by atoms with van der Waals surface area (Å²) < 4.78 is 0. The number of unbranched alkanes of at least 4 members (excludes halogenated alkanes) is 8. The summed E-state index contributed by atoms with van der Waals surface area (Å²) >= 11 is 0. The molecule has 0 aliphatic heterocycles. The molecule has 2 rings (SSSR count). The molecule has 0 bridgehead atoms. The Morgan fingerprint density at radius 2 is 0.974 bits per heavy atom. The Kier molecular flexibility index (Phi) is 47.0. The van der Waals surface area contributed by atoms with Crippen molar-refractivity contribution >= 4 is 5.71 Å². The number of terminal acetylenes is 1. The Balaban J connectivity index is -0.000000195. The van der Waals surface area contributed by atoms with Crippen molar-refractivity contribution in [2.45, 2.75) is 145 Å². The molecular weight excluding hydrogens is 458 g/mol. The molecule has 0 atom stereocenters. The van der Waals surface area contributed by atoms with E-state index in [9.17, 15) is 0 Å². The van der Waals surface area contributed by atoms with Crippen LogP contribution in [0.2, 0.25) is 0 Å². The molecule has 0 unspecified atom stereocenters. The van der Waals surface area contributed by atoms with Gasteiger partial charge in [0, 0.05) is 5.71 Å². The Morgan fingerprint density at radius 1 is 0.579 bits per heavy atom. The van der Waals surface area contributed by atoms with Gasteiger partial charge in [0.2, 0.25) is 0 Å². The molecule has 1 heteroatoms. The normalized spacial score (nSPS) is 8.68. The number of hydrogen-bond donors (Lipinski definition) is 1. The fraction of sp³-hybridized carbons (Fsp3) is 0.595. The van der Waals surface area contributed by atoms with Crippen LogP contribution in [0.3, 0.4) is 0 Å². The van der Waals surface area contributed by atoms with Gasteiger partial charge in [0.1, 0.15) is 0 Å². The van der Waals surface area contributed by atoms with Gasteiger partial charge in [-0.05, 0) is 38.2 Å². The zero-order valence-electron chi connectivity index (χ0n) is 26.8. The second kappa shape index (κ2) is 41.8. The van der Waals surface area contributed by atoms with Gasteiger partial charge in [-0.2, -0.15) is 0 Å². The van der Waals surface area contributed by atoms with E-state index in [1.165, 1.54) is 88.2 Å². The van der Waals surface area contributed by atoms with E-state index in [4.69, 9.17) is 5.41 Å². The van der Waals surface area contributed by atoms with Gasteiger partial charge in [-0.15, -0.1) is 12.8 Å². The highest BCUT2D eigenvalue weighted by Crippen LogP contribution is 2.07. The third-order valence-corrected chi connectivity index (χ3v) is 5.54. The molecule has 38 heavy (non-hydrogen) atoms. The minimum Gasteiger partial charge on any atom is -0.310 e. The van der Waals surface area contributed by atoms with Crippen molar-refractivity contribution in [1.29, 1.82) is 5.41 Å². The summed E-state index contributed by atoms with van der Waals surface area (Å²) in [5.74, 6) is 0. The van der Waals surface area contributed by atoms with Gasteiger partial charge in [-0.1, -0.05) is 179 Å². The third-order valence-electron chi connectivity index (χ3n) is 5.54. The zero-order chi connectivity index (χ0) is 29.7. The van der Waals surface area contributed by atoms with Gasteiger partial charge in [-0.3, -0.25) is 0 Å². The van der Waals surface area contributed by atoms with Crippen LogP contribution in [0.25, 0.3) is 0 Å². The Bertz CT molecular complexity index is 649. The summed E-state index contributed by atoms with van der Waals surface area (Å²) in [5.41, 5.74) is 3.66. The molecule has 0 radical (unpaired) electrons. The van der Waals surface area contributed by atoms with Gasteiger partial charge in [-0.25, -0.2) is 0 Å². The fourth-order valence-electron chi connectivity index (χ4n) is 3.24. The quantitative estimate of drug-likeness (QED) is 0.153. The second-order valence-corrected chi connectivity index (χ2v) is 9.07. The fourth-order valence-corrected chi connectivity index (χ4v) is 3.24. The molecule has 0 aromatic heterocycles. The lowest BCUT2D eigenvalue weighted by Crippen LogP contribution is -1.91. The second-order valence-electron chi connectivity index (χ2n) is 9.07. The highest BCUT2D eigenvalue weighted by atomic mass is 14.4. The first-order valence-electron chi connectivity index (χ1n) is 15.5. The number of nitrogens with one attached hydrogen (secondary N) is 1.